The van der Waals surface area contributed by atoms with Crippen LogP contribution in [-0.4, -0.2) is 14.2 Å². The number of methoxy groups -OCH3 is 2. The summed E-state index contributed by atoms with van der Waals surface area (Å²) in [4.78, 5) is 0. The van der Waals surface area contributed by atoms with Gasteiger partial charge in [0.15, 0.2) is 0 Å². The standard InChI is InChI=1S/C14H11Cl2O2/c1-17-13-5-10(6-14(8-13)18-2)9-3-11(15)7-12(16)4-9/h3-6,8H,1-2H3. The summed E-state index contributed by atoms with van der Waals surface area (Å²) in [5.74, 6) is 1.42. The highest BCUT2D eigenvalue weighted by Gasteiger charge is 2.06. The van der Waals surface area contributed by atoms with E-state index in [1.807, 2.05) is 18.2 Å². The first-order valence-corrected chi connectivity index (χ1v) is 6.00. The van der Waals surface area contributed by atoms with Crippen LogP contribution in [0, 0.1) is 6.07 Å². The van der Waals surface area contributed by atoms with E-state index in [4.69, 9.17) is 32.7 Å². The molecule has 2 aromatic rings. The van der Waals surface area contributed by atoms with Crippen LogP contribution in [0.2, 0.25) is 10.0 Å². The highest BCUT2D eigenvalue weighted by atomic mass is 35.5. The molecule has 0 spiro atoms. The van der Waals surface area contributed by atoms with Gasteiger partial charge in [-0.25, -0.2) is 0 Å². The Morgan fingerprint density at radius 3 is 1.67 bits per heavy atom. The van der Waals surface area contributed by atoms with Crippen molar-refractivity contribution >= 4 is 23.2 Å². The number of halogens is 2. The van der Waals surface area contributed by atoms with E-state index in [0.717, 1.165) is 11.1 Å². The van der Waals surface area contributed by atoms with Crippen LogP contribution in [0.4, 0.5) is 0 Å². The Balaban J connectivity index is 2.55. The number of rotatable bonds is 3. The highest BCUT2D eigenvalue weighted by Crippen LogP contribution is 2.32. The minimum Gasteiger partial charge on any atom is -0.497 e. The van der Waals surface area contributed by atoms with E-state index < -0.39 is 0 Å². The molecule has 93 valence electrons. The normalized spacial score (nSPS) is 10.2. The van der Waals surface area contributed by atoms with Gasteiger partial charge in [0.25, 0.3) is 0 Å². The largest absolute Gasteiger partial charge is 0.497 e. The number of hydrogen-bond donors (Lipinski definition) is 0. The topological polar surface area (TPSA) is 18.5 Å². The monoisotopic (exact) mass is 281 g/mol. The summed E-state index contributed by atoms with van der Waals surface area (Å²) in [5.41, 5.74) is 1.81. The van der Waals surface area contributed by atoms with E-state index in [2.05, 4.69) is 6.07 Å². The second-order valence-corrected chi connectivity index (χ2v) is 4.48. The maximum Gasteiger partial charge on any atom is 0.123 e. The zero-order chi connectivity index (χ0) is 13.1. The van der Waals surface area contributed by atoms with E-state index in [9.17, 15) is 0 Å². The summed E-state index contributed by atoms with van der Waals surface area (Å²) in [5, 5.41) is 0.943. The van der Waals surface area contributed by atoms with E-state index in [1.54, 1.807) is 26.4 Å². The van der Waals surface area contributed by atoms with Crippen LogP contribution in [0.3, 0.4) is 0 Å². The lowest BCUT2D eigenvalue weighted by molar-refractivity contribution is 0.394. The molecular weight excluding hydrogens is 271 g/mol. The fourth-order valence-corrected chi connectivity index (χ4v) is 2.13. The molecule has 4 heteroatoms. The molecule has 0 aliphatic carbocycles. The SMILES string of the molecule is COc1cc(OC)cc(-c2cc(Cl)[c]c(Cl)c2)c1. The third-order valence-electron chi connectivity index (χ3n) is 2.49. The summed E-state index contributed by atoms with van der Waals surface area (Å²) in [6.45, 7) is 0. The maximum atomic E-state index is 5.94. The Hall–Kier alpha value is -1.38. The molecule has 0 amide bonds. The fraction of sp³-hybridized carbons (Fsp3) is 0.143. The average molecular weight is 282 g/mol. The van der Waals surface area contributed by atoms with Crippen LogP contribution in [-0.2, 0) is 0 Å². The van der Waals surface area contributed by atoms with Crippen molar-refractivity contribution in [3.63, 3.8) is 0 Å². The first-order valence-electron chi connectivity index (χ1n) is 5.24. The molecular formula is C14H11Cl2O2. The molecule has 0 heterocycles. The van der Waals surface area contributed by atoms with Gasteiger partial charge < -0.3 is 9.47 Å². The lowest BCUT2D eigenvalue weighted by Crippen LogP contribution is -1.89. The van der Waals surface area contributed by atoms with Crippen molar-refractivity contribution in [1.29, 1.82) is 0 Å². The first-order chi connectivity index (χ1) is 8.62. The van der Waals surface area contributed by atoms with Gasteiger partial charge in [0.05, 0.1) is 24.3 Å². The summed E-state index contributed by atoms with van der Waals surface area (Å²) >= 11 is 11.9. The Labute approximate surface area is 116 Å². The average Bonchev–Trinajstić information content (AvgIpc) is 2.37. The van der Waals surface area contributed by atoms with Gasteiger partial charge in [0.1, 0.15) is 11.5 Å². The predicted octanol–water partition coefficient (Wildman–Crippen LogP) is 4.48. The third kappa shape index (κ3) is 2.89. The lowest BCUT2D eigenvalue weighted by atomic mass is 10.1. The Morgan fingerprint density at radius 2 is 1.22 bits per heavy atom. The number of hydrogen-bond acceptors (Lipinski definition) is 2. The smallest absolute Gasteiger partial charge is 0.123 e. The molecule has 0 saturated carbocycles. The molecule has 0 aromatic heterocycles. The van der Waals surface area contributed by atoms with E-state index in [1.165, 1.54) is 0 Å². The van der Waals surface area contributed by atoms with Gasteiger partial charge >= 0.3 is 0 Å². The van der Waals surface area contributed by atoms with Crippen molar-refractivity contribution in [2.75, 3.05) is 14.2 Å². The molecule has 1 radical (unpaired) electrons. The van der Waals surface area contributed by atoms with Crippen LogP contribution in [0.5, 0.6) is 11.5 Å². The minimum atomic E-state index is 0.472. The van der Waals surface area contributed by atoms with Gasteiger partial charge in [-0.15, -0.1) is 0 Å². The van der Waals surface area contributed by atoms with Gasteiger partial charge in [0, 0.05) is 12.1 Å². The van der Waals surface area contributed by atoms with Crippen LogP contribution < -0.4 is 9.47 Å². The van der Waals surface area contributed by atoms with E-state index >= 15 is 0 Å². The van der Waals surface area contributed by atoms with Crippen LogP contribution in [0.25, 0.3) is 11.1 Å². The Bertz CT molecular complexity index is 525. The fourth-order valence-electron chi connectivity index (χ4n) is 1.64. The lowest BCUT2D eigenvalue weighted by Gasteiger charge is -2.09. The quantitative estimate of drug-likeness (QED) is 0.826. The summed E-state index contributed by atoms with van der Waals surface area (Å²) in [6, 6.07) is 12.0. The van der Waals surface area contributed by atoms with Gasteiger partial charge in [-0.2, -0.15) is 0 Å². The van der Waals surface area contributed by atoms with Crippen molar-refractivity contribution < 1.29 is 9.47 Å². The van der Waals surface area contributed by atoms with Gasteiger partial charge in [-0.05, 0) is 35.4 Å². The number of benzene rings is 2. The molecule has 0 N–H and O–H groups in total. The summed E-state index contributed by atoms with van der Waals surface area (Å²) in [6.07, 6.45) is 0. The van der Waals surface area contributed by atoms with Gasteiger partial charge in [-0.3, -0.25) is 0 Å². The molecule has 0 aliphatic rings. The summed E-state index contributed by atoms with van der Waals surface area (Å²) < 4.78 is 10.5. The Morgan fingerprint density at radius 1 is 0.778 bits per heavy atom. The van der Waals surface area contributed by atoms with E-state index in [0.29, 0.717) is 21.5 Å². The second kappa shape index (κ2) is 5.51. The second-order valence-electron chi connectivity index (χ2n) is 3.67. The number of ether oxygens (including phenoxy) is 2. The predicted molar refractivity (Wildman–Crippen MR) is 73.8 cm³/mol. The molecule has 18 heavy (non-hydrogen) atoms. The summed E-state index contributed by atoms with van der Waals surface area (Å²) in [7, 11) is 3.22. The van der Waals surface area contributed by atoms with Gasteiger partial charge in [0.2, 0.25) is 0 Å². The van der Waals surface area contributed by atoms with Crippen LogP contribution in [0.15, 0.2) is 30.3 Å². The molecule has 0 atom stereocenters. The molecule has 0 unspecified atom stereocenters. The highest BCUT2D eigenvalue weighted by molar-refractivity contribution is 6.34. The third-order valence-corrected chi connectivity index (χ3v) is 2.90. The molecule has 2 nitrogen and oxygen atoms in total. The molecule has 2 rings (SSSR count). The molecule has 0 fully saturated rings. The van der Waals surface area contributed by atoms with Crippen LogP contribution in [0.1, 0.15) is 0 Å². The Kier molecular flexibility index (Phi) is 4.00. The first kappa shape index (κ1) is 13.1. The molecule has 2 aromatic carbocycles. The van der Waals surface area contributed by atoms with Crippen molar-refractivity contribution in [1.82, 2.24) is 0 Å². The van der Waals surface area contributed by atoms with E-state index in [-0.39, 0.29) is 0 Å². The van der Waals surface area contributed by atoms with Crippen molar-refractivity contribution in [2.24, 2.45) is 0 Å². The van der Waals surface area contributed by atoms with Gasteiger partial charge in [-0.1, -0.05) is 23.2 Å². The maximum absolute atomic E-state index is 5.94. The van der Waals surface area contributed by atoms with Crippen molar-refractivity contribution in [3.05, 3.63) is 46.4 Å². The zero-order valence-corrected chi connectivity index (χ0v) is 11.5. The molecule has 0 bridgehead atoms. The van der Waals surface area contributed by atoms with Crippen LogP contribution >= 0.6 is 23.2 Å². The van der Waals surface area contributed by atoms with Crippen molar-refractivity contribution in [2.45, 2.75) is 0 Å². The minimum absolute atomic E-state index is 0.472. The molecule has 0 aliphatic heterocycles. The zero-order valence-electron chi connectivity index (χ0n) is 9.96. The van der Waals surface area contributed by atoms with Crippen molar-refractivity contribution in [3.8, 4) is 22.6 Å². The molecule has 0 saturated heterocycles.